The lowest BCUT2D eigenvalue weighted by molar-refractivity contribution is -0.214. The number of epoxide rings is 1. The fraction of sp³-hybridized carbons (Fsp3) is 0.679. The van der Waals surface area contributed by atoms with Crippen LogP contribution in [0.15, 0.2) is 23.3 Å². The molecule has 2 heterocycles. The average molecular weight is 549 g/mol. The van der Waals surface area contributed by atoms with E-state index in [4.69, 9.17) is 28.4 Å². The third-order valence-corrected chi connectivity index (χ3v) is 8.48. The van der Waals surface area contributed by atoms with E-state index in [1.165, 1.54) is 27.7 Å². The van der Waals surface area contributed by atoms with Crippen molar-refractivity contribution >= 4 is 29.8 Å². The molecule has 2 aliphatic heterocycles. The Hall–Kier alpha value is -3.21. The molecule has 11 heteroatoms. The highest BCUT2D eigenvalue weighted by Gasteiger charge is 2.87. The van der Waals surface area contributed by atoms with Crippen LogP contribution in [0.3, 0.4) is 0 Å². The van der Waals surface area contributed by atoms with Crippen molar-refractivity contribution in [1.82, 2.24) is 0 Å². The summed E-state index contributed by atoms with van der Waals surface area (Å²) in [6.07, 6.45) is -1.15. The summed E-state index contributed by atoms with van der Waals surface area (Å²) < 4.78 is 35.4. The summed E-state index contributed by atoms with van der Waals surface area (Å²) in [5.74, 6) is -3.86. The van der Waals surface area contributed by atoms with Crippen molar-refractivity contribution in [2.24, 2.45) is 11.3 Å². The molecule has 1 spiro atoms. The molecule has 0 aromatic rings. The maximum absolute atomic E-state index is 13.0. The Morgan fingerprint density at radius 1 is 0.872 bits per heavy atom. The van der Waals surface area contributed by atoms with E-state index >= 15 is 0 Å². The van der Waals surface area contributed by atoms with E-state index in [0.29, 0.717) is 5.57 Å². The SMILES string of the molecule is CC(=O)O[C@H]1CC=C(C)[C@@H]2[C@H](OC(C)=O)[C@]34O[C@@]3(C)C(=O)O[C@H]4/C=C(/C)C[C@@H](OC(C)=O)[C@H](OC(C)=O)[C@@]12C. The normalized spacial score (nSPS) is 42.1. The predicted octanol–water partition coefficient (Wildman–Crippen LogP) is 2.49. The first-order valence-electron chi connectivity index (χ1n) is 13.0. The number of rotatable bonds is 4. The van der Waals surface area contributed by atoms with Gasteiger partial charge < -0.3 is 28.4 Å². The van der Waals surface area contributed by atoms with Crippen LogP contribution in [0.5, 0.6) is 0 Å². The number of carbonyl (C=O) groups is 5. The fourth-order valence-corrected chi connectivity index (χ4v) is 6.90. The van der Waals surface area contributed by atoms with Crippen molar-refractivity contribution in [2.45, 2.75) is 110 Å². The van der Waals surface area contributed by atoms with Gasteiger partial charge in [-0.3, -0.25) is 19.2 Å². The van der Waals surface area contributed by atoms with E-state index in [0.717, 1.165) is 5.57 Å². The molecule has 4 rings (SSSR count). The molecule has 39 heavy (non-hydrogen) atoms. The smallest absolute Gasteiger partial charge is 0.342 e. The topological polar surface area (TPSA) is 144 Å². The average Bonchev–Trinajstić information content (AvgIpc) is 3.38. The molecule has 2 saturated heterocycles. The zero-order chi connectivity index (χ0) is 29.1. The van der Waals surface area contributed by atoms with Crippen LogP contribution >= 0.6 is 0 Å². The lowest BCUT2D eigenvalue weighted by Gasteiger charge is -2.54. The summed E-state index contributed by atoms with van der Waals surface area (Å²) in [6.45, 7) is 11.9. The summed E-state index contributed by atoms with van der Waals surface area (Å²) in [6, 6.07) is 0. The van der Waals surface area contributed by atoms with Crippen LogP contribution in [-0.4, -0.2) is 71.6 Å². The molecule has 0 saturated carbocycles. The van der Waals surface area contributed by atoms with Gasteiger partial charge >= 0.3 is 29.8 Å². The van der Waals surface area contributed by atoms with Gasteiger partial charge in [-0.1, -0.05) is 24.1 Å². The minimum Gasteiger partial charge on any atom is -0.461 e. The first-order chi connectivity index (χ1) is 18.1. The number of hydrogen-bond acceptors (Lipinski definition) is 11. The summed E-state index contributed by atoms with van der Waals surface area (Å²) in [5, 5.41) is 0. The molecule has 2 fully saturated rings. The quantitative estimate of drug-likeness (QED) is 0.221. The molecule has 2 aliphatic carbocycles. The molecule has 4 aliphatic rings. The van der Waals surface area contributed by atoms with Crippen LogP contribution in [0, 0.1) is 11.3 Å². The monoisotopic (exact) mass is 548 g/mol. The molecule has 0 aromatic heterocycles. The fourth-order valence-electron chi connectivity index (χ4n) is 6.90. The second-order valence-corrected chi connectivity index (χ2v) is 11.3. The van der Waals surface area contributed by atoms with Gasteiger partial charge in [0.2, 0.25) is 0 Å². The van der Waals surface area contributed by atoms with E-state index in [1.807, 2.05) is 13.0 Å². The van der Waals surface area contributed by atoms with Gasteiger partial charge in [-0.25, -0.2) is 4.79 Å². The van der Waals surface area contributed by atoms with Crippen molar-refractivity contribution in [3.63, 3.8) is 0 Å². The number of fused-ring (bicyclic) bond motifs is 1. The maximum Gasteiger partial charge on any atom is 0.342 e. The highest BCUT2D eigenvalue weighted by atomic mass is 16.7. The summed E-state index contributed by atoms with van der Waals surface area (Å²) in [5.41, 5.74) is -2.73. The third kappa shape index (κ3) is 4.54. The minimum absolute atomic E-state index is 0.120. The van der Waals surface area contributed by atoms with Crippen molar-refractivity contribution in [2.75, 3.05) is 0 Å². The van der Waals surface area contributed by atoms with Crippen molar-refractivity contribution < 1.29 is 52.4 Å². The molecule has 11 nitrogen and oxygen atoms in total. The molecular weight excluding hydrogens is 512 g/mol. The van der Waals surface area contributed by atoms with E-state index in [9.17, 15) is 24.0 Å². The van der Waals surface area contributed by atoms with Crippen LogP contribution in [-0.2, 0) is 52.4 Å². The molecule has 9 atom stereocenters. The standard InChI is InChI=1S/C28H36O11/c1-13-11-19(34-15(3)29)23(36-17(5)31)26(7)20(35-16(4)30)10-9-14(2)22(26)24(37-18(6)32)28-21(12-13)38-25(33)27(28,8)39-28/h9,12,19-24H,10-11H2,1-8H3/b13-12-/t19-,20+,21+,22-,23+,24+,26+,27+,28+/m1/s1. The lowest BCUT2D eigenvalue weighted by atomic mass is 9.56. The molecule has 0 N–H and O–H groups in total. The number of esters is 5. The van der Waals surface area contributed by atoms with Crippen molar-refractivity contribution in [1.29, 1.82) is 0 Å². The molecule has 0 unspecified atom stereocenters. The summed E-state index contributed by atoms with van der Waals surface area (Å²) in [7, 11) is 0. The first kappa shape index (κ1) is 28.8. The zero-order valence-corrected chi connectivity index (χ0v) is 23.5. The van der Waals surface area contributed by atoms with Gasteiger partial charge in [0.15, 0.2) is 17.3 Å². The molecule has 0 amide bonds. The second kappa shape index (κ2) is 9.76. The largest absolute Gasteiger partial charge is 0.461 e. The van der Waals surface area contributed by atoms with Crippen LogP contribution in [0.25, 0.3) is 0 Å². The Balaban J connectivity index is 2.05. The second-order valence-electron chi connectivity index (χ2n) is 11.3. The highest BCUT2D eigenvalue weighted by Crippen LogP contribution is 2.65. The van der Waals surface area contributed by atoms with Crippen LogP contribution < -0.4 is 0 Å². The number of ether oxygens (including phenoxy) is 6. The Morgan fingerprint density at radius 2 is 1.44 bits per heavy atom. The van der Waals surface area contributed by atoms with Crippen molar-refractivity contribution in [3.8, 4) is 0 Å². The maximum atomic E-state index is 13.0. The van der Waals surface area contributed by atoms with Crippen LogP contribution in [0.2, 0.25) is 0 Å². The van der Waals surface area contributed by atoms with Crippen LogP contribution in [0.1, 0.15) is 68.2 Å². The Kier molecular flexibility index (Phi) is 7.21. The zero-order valence-electron chi connectivity index (χ0n) is 23.5. The molecule has 0 radical (unpaired) electrons. The Bertz CT molecular complexity index is 1170. The van der Waals surface area contributed by atoms with Gasteiger partial charge in [-0.05, 0) is 26.8 Å². The van der Waals surface area contributed by atoms with E-state index in [1.54, 1.807) is 26.8 Å². The van der Waals surface area contributed by atoms with Crippen molar-refractivity contribution in [3.05, 3.63) is 23.3 Å². The molecule has 214 valence electrons. The van der Waals surface area contributed by atoms with Gasteiger partial charge in [0.05, 0.1) is 5.41 Å². The third-order valence-electron chi connectivity index (χ3n) is 8.48. The molecular formula is C28H36O11. The highest BCUT2D eigenvalue weighted by molar-refractivity contribution is 5.89. The molecule has 0 bridgehead atoms. The molecule has 0 aromatic carbocycles. The summed E-state index contributed by atoms with van der Waals surface area (Å²) >= 11 is 0. The van der Waals surface area contributed by atoms with E-state index in [2.05, 4.69) is 0 Å². The van der Waals surface area contributed by atoms with Gasteiger partial charge in [0.1, 0.15) is 24.4 Å². The number of hydrogen-bond donors (Lipinski definition) is 0. The Labute approximate surface area is 227 Å². The van der Waals surface area contributed by atoms with Gasteiger partial charge in [0, 0.05) is 46.5 Å². The van der Waals surface area contributed by atoms with E-state index in [-0.39, 0.29) is 12.8 Å². The van der Waals surface area contributed by atoms with E-state index < -0.39 is 82.9 Å². The van der Waals surface area contributed by atoms with Gasteiger partial charge in [-0.2, -0.15) is 0 Å². The van der Waals surface area contributed by atoms with Crippen LogP contribution in [0.4, 0.5) is 0 Å². The number of carbonyl (C=O) groups excluding carboxylic acids is 5. The first-order valence-corrected chi connectivity index (χ1v) is 13.0. The van der Waals surface area contributed by atoms with Gasteiger partial charge in [-0.15, -0.1) is 0 Å². The van der Waals surface area contributed by atoms with Gasteiger partial charge in [0.25, 0.3) is 0 Å². The predicted molar refractivity (Wildman–Crippen MR) is 133 cm³/mol. The lowest BCUT2D eigenvalue weighted by Crippen LogP contribution is -2.64. The summed E-state index contributed by atoms with van der Waals surface area (Å²) in [4.78, 5) is 62.8. The Morgan fingerprint density at radius 3 is 1.97 bits per heavy atom. The minimum atomic E-state index is -1.41.